The zero-order valence-electron chi connectivity index (χ0n) is 9.77. The van der Waals surface area contributed by atoms with Gasteiger partial charge < -0.3 is 5.32 Å². The number of nitrogens with zero attached hydrogens (tertiary/aromatic N) is 2. The van der Waals surface area contributed by atoms with Crippen LogP contribution in [0.2, 0.25) is 5.15 Å². The molecule has 0 saturated heterocycles. The number of hydroxylamine groups is 1. The molecule has 0 aliphatic heterocycles. The van der Waals surface area contributed by atoms with Crippen LogP contribution in [-0.4, -0.2) is 27.0 Å². The summed E-state index contributed by atoms with van der Waals surface area (Å²) in [6, 6.07) is 5.39. The lowest BCUT2D eigenvalue weighted by Gasteiger charge is -2.07. The van der Waals surface area contributed by atoms with Crippen molar-refractivity contribution < 1.29 is 10.0 Å². The molecule has 0 aliphatic carbocycles. The van der Waals surface area contributed by atoms with Crippen LogP contribution >= 0.6 is 11.6 Å². The van der Waals surface area contributed by atoms with Gasteiger partial charge in [-0.1, -0.05) is 24.6 Å². The van der Waals surface area contributed by atoms with Gasteiger partial charge in [-0.15, -0.1) is 0 Å². The normalized spacial score (nSPS) is 10.6. The van der Waals surface area contributed by atoms with Crippen molar-refractivity contribution in [3.8, 4) is 0 Å². The lowest BCUT2D eigenvalue weighted by molar-refractivity contribution is -0.127. The maximum Gasteiger partial charge on any atom is 0.262 e. The van der Waals surface area contributed by atoms with E-state index in [2.05, 4.69) is 10.3 Å². The Balaban J connectivity index is 2.43. The van der Waals surface area contributed by atoms with E-state index in [1.807, 2.05) is 19.1 Å². The number of nitrogens with one attached hydrogen (secondary N) is 2. The number of aromatic nitrogens is 2. The quantitative estimate of drug-likeness (QED) is 0.446. The highest BCUT2D eigenvalue weighted by Gasteiger charge is 2.13. The number of imidazole rings is 1. The van der Waals surface area contributed by atoms with Crippen LogP contribution in [0.15, 0.2) is 18.2 Å². The van der Waals surface area contributed by atoms with Gasteiger partial charge in [0.2, 0.25) is 0 Å². The number of amides is 1. The zero-order valence-corrected chi connectivity index (χ0v) is 10.5. The monoisotopic (exact) mass is 268 g/mol. The third-order valence-corrected chi connectivity index (χ3v) is 2.84. The van der Waals surface area contributed by atoms with Crippen molar-refractivity contribution in [3.63, 3.8) is 0 Å². The molecule has 96 valence electrons. The Morgan fingerprint density at radius 1 is 1.56 bits per heavy atom. The first-order valence-corrected chi connectivity index (χ1v) is 5.87. The van der Waals surface area contributed by atoms with Crippen molar-refractivity contribution in [2.45, 2.75) is 13.3 Å². The van der Waals surface area contributed by atoms with Crippen molar-refractivity contribution in [3.05, 3.63) is 29.0 Å². The standard InChI is InChI=1S/C11H13ClN4O2/c1-2-7-11(13-6-10(17)15-18)16-8(12)4-3-5-9(16)14-7/h3-5,13,18H,2,6H2,1H3,(H,15,17). The predicted molar refractivity (Wildman–Crippen MR) is 68.0 cm³/mol. The van der Waals surface area contributed by atoms with Gasteiger partial charge in [-0.3, -0.25) is 14.4 Å². The molecule has 2 aromatic rings. The van der Waals surface area contributed by atoms with Crippen molar-refractivity contribution >= 4 is 29.0 Å². The summed E-state index contributed by atoms with van der Waals surface area (Å²) in [4.78, 5) is 15.5. The number of carbonyl (C=O) groups is 1. The molecule has 3 N–H and O–H groups in total. The highest BCUT2D eigenvalue weighted by molar-refractivity contribution is 6.30. The van der Waals surface area contributed by atoms with Crippen LogP contribution in [0.5, 0.6) is 0 Å². The summed E-state index contributed by atoms with van der Waals surface area (Å²) in [7, 11) is 0. The molecule has 0 aromatic carbocycles. The number of rotatable bonds is 4. The number of anilines is 1. The van der Waals surface area contributed by atoms with Crippen molar-refractivity contribution in [1.29, 1.82) is 0 Å². The highest BCUT2D eigenvalue weighted by atomic mass is 35.5. The summed E-state index contributed by atoms with van der Waals surface area (Å²) in [5.41, 5.74) is 3.09. The van der Waals surface area contributed by atoms with Crippen molar-refractivity contribution in [2.75, 3.05) is 11.9 Å². The van der Waals surface area contributed by atoms with Crippen LogP contribution in [0.4, 0.5) is 5.82 Å². The van der Waals surface area contributed by atoms with Gasteiger partial charge in [0.25, 0.3) is 5.91 Å². The number of carbonyl (C=O) groups excluding carboxylic acids is 1. The van der Waals surface area contributed by atoms with Crippen LogP contribution in [0.25, 0.3) is 5.65 Å². The second kappa shape index (κ2) is 5.24. The number of aryl methyl sites for hydroxylation is 1. The summed E-state index contributed by atoms with van der Waals surface area (Å²) in [6.07, 6.45) is 0.709. The van der Waals surface area contributed by atoms with Gasteiger partial charge in [0, 0.05) is 0 Å². The van der Waals surface area contributed by atoms with Gasteiger partial charge in [-0.05, 0) is 18.6 Å². The van der Waals surface area contributed by atoms with E-state index in [9.17, 15) is 4.79 Å². The largest absolute Gasteiger partial charge is 0.360 e. The average molecular weight is 269 g/mol. The summed E-state index contributed by atoms with van der Waals surface area (Å²) in [6.45, 7) is 1.91. The van der Waals surface area contributed by atoms with E-state index in [1.54, 1.807) is 15.9 Å². The van der Waals surface area contributed by atoms with E-state index in [4.69, 9.17) is 16.8 Å². The molecule has 0 atom stereocenters. The molecular weight excluding hydrogens is 256 g/mol. The van der Waals surface area contributed by atoms with Crippen LogP contribution < -0.4 is 10.8 Å². The van der Waals surface area contributed by atoms with E-state index < -0.39 is 5.91 Å². The molecule has 0 bridgehead atoms. The molecule has 2 heterocycles. The number of halogens is 1. The molecule has 2 aromatic heterocycles. The molecule has 0 spiro atoms. The third kappa shape index (κ3) is 2.25. The fraction of sp³-hybridized carbons (Fsp3) is 0.273. The van der Waals surface area contributed by atoms with Crippen molar-refractivity contribution in [2.24, 2.45) is 0 Å². The lowest BCUT2D eigenvalue weighted by Crippen LogP contribution is -2.27. The third-order valence-electron chi connectivity index (χ3n) is 2.54. The van der Waals surface area contributed by atoms with Gasteiger partial charge in [0.15, 0.2) is 0 Å². The zero-order chi connectivity index (χ0) is 13.1. The average Bonchev–Trinajstić information content (AvgIpc) is 2.75. The molecule has 0 aliphatic rings. The molecule has 0 saturated carbocycles. The van der Waals surface area contributed by atoms with Crippen LogP contribution in [0.1, 0.15) is 12.6 Å². The van der Waals surface area contributed by atoms with E-state index in [-0.39, 0.29) is 6.54 Å². The minimum Gasteiger partial charge on any atom is -0.360 e. The molecular formula is C11H13ClN4O2. The summed E-state index contributed by atoms with van der Waals surface area (Å²) in [5.74, 6) is 0.140. The number of fused-ring (bicyclic) bond motifs is 1. The Labute approximate surface area is 109 Å². The molecule has 0 radical (unpaired) electrons. The number of hydrogen-bond donors (Lipinski definition) is 3. The Bertz CT molecular complexity index is 582. The van der Waals surface area contributed by atoms with E-state index in [0.29, 0.717) is 23.0 Å². The van der Waals surface area contributed by atoms with E-state index in [0.717, 1.165) is 5.69 Å². The van der Waals surface area contributed by atoms with Gasteiger partial charge >= 0.3 is 0 Å². The fourth-order valence-corrected chi connectivity index (χ4v) is 1.98. The molecule has 0 unspecified atom stereocenters. The van der Waals surface area contributed by atoms with E-state index in [1.165, 1.54) is 0 Å². The molecule has 2 rings (SSSR count). The first kappa shape index (κ1) is 12.7. The SMILES string of the molecule is CCc1nc2cccc(Cl)n2c1NCC(=O)NO. The van der Waals surface area contributed by atoms with Crippen LogP contribution in [0, 0.1) is 0 Å². The Morgan fingerprint density at radius 3 is 3.00 bits per heavy atom. The Morgan fingerprint density at radius 2 is 2.33 bits per heavy atom. The van der Waals surface area contributed by atoms with Crippen LogP contribution in [0.3, 0.4) is 0 Å². The number of hydrogen-bond acceptors (Lipinski definition) is 4. The molecule has 0 fully saturated rings. The summed E-state index contributed by atoms with van der Waals surface area (Å²) >= 11 is 6.11. The summed E-state index contributed by atoms with van der Waals surface area (Å²) in [5, 5.41) is 11.9. The van der Waals surface area contributed by atoms with Gasteiger partial charge in [-0.2, -0.15) is 0 Å². The molecule has 18 heavy (non-hydrogen) atoms. The fourth-order valence-electron chi connectivity index (χ4n) is 1.73. The van der Waals surface area contributed by atoms with Gasteiger partial charge in [-0.25, -0.2) is 10.5 Å². The van der Waals surface area contributed by atoms with Gasteiger partial charge in [0.05, 0.1) is 12.2 Å². The van der Waals surface area contributed by atoms with Crippen molar-refractivity contribution in [1.82, 2.24) is 14.9 Å². The predicted octanol–water partition coefficient (Wildman–Crippen LogP) is 1.47. The summed E-state index contributed by atoms with van der Waals surface area (Å²) < 4.78 is 1.73. The topological polar surface area (TPSA) is 78.7 Å². The Hall–Kier alpha value is -1.79. The molecule has 1 amide bonds. The first-order valence-electron chi connectivity index (χ1n) is 5.50. The molecule has 6 nitrogen and oxygen atoms in total. The second-order valence-corrected chi connectivity index (χ2v) is 4.08. The number of pyridine rings is 1. The minimum atomic E-state index is -0.529. The maximum absolute atomic E-state index is 11.0. The minimum absolute atomic E-state index is 0.0531. The van der Waals surface area contributed by atoms with E-state index >= 15 is 0 Å². The second-order valence-electron chi connectivity index (χ2n) is 3.69. The van der Waals surface area contributed by atoms with Crippen LogP contribution in [-0.2, 0) is 11.2 Å². The highest BCUT2D eigenvalue weighted by Crippen LogP contribution is 2.23. The Kier molecular flexibility index (Phi) is 3.69. The first-order chi connectivity index (χ1) is 8.67. The maximum atomic E-state index is 11.0. The lowest BCUT2D eigenvalue weighted by atomic mass is 10.3. The van der Waals surface area contributed by atoms with Gasteiger partial charge in [0.1, 0.15) is 16.6 Å². The smallest absolute Gasteiger partial charge is 0.262 e. The molecule has 7 heteroatoms.